The van der Waals surface area contributed by atoms with Crippen molar-refractivity contribution in [2.75, 3.05) is 44.7 Å². The van der Waals surface area contributed by atoms with Crippen molar-refractivity contribution < 1.29 is 19.1 Å². The molecule has 2 N–H and O–H groups in total. The molecule has 0 aliphatic carbocycles. The molecule has 0 bridgehead atoms. The van der Waals surface area contributed by atoms with Gasteiger partial charge in [0.15, 0.2) is 5.13 Å². The highest BCUT2D eigenvalue weighted by molar-refractivity contribution is 7.14. The van der Waals surface area contributed by atoms with Gasteiger partial charge < -0.3 is 15.0 Å². The number of rotatable bonds is 9. The minimum absolute atomic E-state index is 0.184. The summed E-state index contributed by atoms with van der Waals surface area (Å²) in [7, 11) is 0. The van der Waals surface area contributed by atoms with E-state index in [2.05, 4.69) is 20.5 Å². The van der Waals surface area contributed by atoms with Crippen LogP contribution in [0.15, 0.2) is 60.0 Å². The number of morpholine rings is 1. The van der Waals surface area contributed by atoms with Gasteiger partial charge in [0.1, 0.15) is 11.7 Å². The SMILES string of the molecule is O=C(NCCCN1CCOCC1)c1csc(NC(=O)C(c2ccccc2)N2Cc3ccccc3C2=O)n1. The van der Waals surface area contributed by atoms with E-state index in [9.17, 15) is 14.4 Å². The summed E-state index contributed by atoms with van der Waals surface area (Å²) in [6, 6.07) is 15.8. The van der Waals surface area contributed by atoms with Gasteiger partial charge in [-0.15, -0.1) is 11.3 Å². The zero-order valence-corrected chi connectivity index (χ0v) is 21.2. The second kappa shape index (κ2) is 11.6. The van der Waals surface area contributed by atoms with Gasteiger partial charge in [0, 0.05) is 37.1 Å². The number of anilines is 1. The number of hydrogen-bond donors (Lipinski definition) is 2. The molecule has 1 saturated heterocycles. The van der Waals surface area contributed by atoms with Crippen LogP contribution in [-0.4, -0.2) is 71.9 Å². The second-order valence-electron chi connectivity index (χ2n) is 8.99. The van der Waals surface area contributed by atoms with Gasteiger partial charge in [-0.05, 0) is 30.2 Å². The van der Waals surface area contributed by atoms with Crippen molar-refractivity contribution >= 4 is 34.2 Å². The number of carbonyl (C=O) groups is 3. The highest BCUT2D eigenvalue weighted by Crippen LogP contribution is 2.32. The molecule has 2 aliphatic heterocycles. The van der Waals surface area contributed by atoms with Gasteiger partial charge >= 0.3 is 0 Å². The predicted molar refractivity (Wildman–Crippen MR) is 140 cm³/mol. The summed E-state index contributed by atoms with van der Waals surface area (Å²) >= 11 is 1.18. The second-order valence-corrected chi connectivity index (χ2v) is 9.85. The highest BCUT2D eigenvalue weighted by Gasteiger charge is 2.37. The Morgan fingerprint density at radius 1 is 1.05 bits per heavy atom. The fourth-order valence-electron chi connectivity index (χ4n) is 4.62. The maximum atomic E-state index is 13.5. The first kappa shape index (κ1) is 25.1. The minimum Gasteiger partial charge on any atom is -0.379 e. The quantitative estimate of drug-likeness (QED) is 0.422. The first-order chi connectivity index (χ1) is 18.1. The maximum absolute atomic E-state index is 13.5. The molecular weight excluding hydrogens is 490 g/mol. The van der Waals surface area contributed by atoms with E-state index in [1.54, 1.807) is 16.3 Å². The van der Waals surface area contributed by atoms with Gasteiger partial charge in [-0.3, -0.25) is 24.6 Å². The number of aromatic nitrogens is 1. The average Bonchev–Trinajstić information content (AvgIpc) is 3.53. The van der Waals surface area contributed by atoms with Gasteiger partial charge in [0.2, 0.25) is 0 Å². The smallest absolute Gasteiger partial charge is 0.270 e. The Balaban J connectivity index is 1.21. The van der Waals surface area contributed by atoms with Gasteiger partial charge in [-0.1, -0.05) is 48.5 Å². The largest absolute Gasteiger partial charge is 0.379 e. The first-order valence-electron chi connectivity index (χ1n) is 12.4. The van der Waals surface area contributed by atoms with Crippen molar-refractivity contribution in [3.63, 3.8) is 0 Å². The molecule has 3 amide bonds. The van der Waals surface area contributed by atoms with Crippen LogP contribution in [0.3, 0.4) is 0 Å². The van der Waals surface area contributed by atoms with Crippen LogP contribution >= 0.6 is 11.3 Å². The third-order valence-corrected chi connectivity index (χ3v) is 7.29. The van der Waals surface area contributed by atoms with Crippen LogP contribution in [0, 0.1) is 0 Å². The van der Waals surface area contributed by atoms with Gasteiger partial charge in [-0.25, -0.2) is 4.98 Å². The Kier molecular flexibility index (Phi) is 7.88. The summed E-state index contributed by atoms with van der Waals surface area (Å²) in [5, 5.41) is 7.66. The van der Waals surface area contributed by atoms with E-state index in [1.807, 2.05) is 48.5 Å². The normalized spacial score (nSPS) is 16.3. The Bertz CT molecular complexity index is 1260. The number of nitrogens with zero attached hydrogens (tertiary/aromatic N) is 3. The lowest BCUT2D eigenvalue weighted by molar-refractivity contribution is -0.120. The lowest BCUT2D eigenvalue weighted by Gasteiger charge is -2.27. The molecule has 9 nitrogen and oxygen atoms in total. The lowest BCUT2D eigenvalue weighted by atomic mass is 10.0. The zero-order valence-electron chi connectivity index (χ0n) is 20.4. The lowest BCUT2D eigenvalue weighted by Crippen LogP contribution is -2.38. The number of nitrogens with one attached hydrogen (secondary N) is 2. The molecule has 1 fully saturated rings. The van der Waals surface area contributed by atoms with Crippen molar-refractivity contribution in [2.24, 2.45) is 0 Å². The Morgan fingerprint density at radius 2 is 1.81 bits per heavy atom. The van der Waals surface area contributed by atoms with Crippen LogP contribution < -0.4 is 10.6 Å². The van der Waals surface area contributed by atoms with Crippen molar-refractivity contribution in [3.8, 4) is 0 Å². The number of carbonyl (C=O) groups excluding carboxylic acids is 3. The molecule has 1 atom stereocenters. The molecule has 0 spiro atoms. The van der Waals surface area contributed by atoms with E-state index in [0.717, 1.165) is 44.8 Å². The van der Waals surface area contributed by atoms with E-state index in [4.69, 9.17) is 4.74 Å². The molecular formula is C27H29N5O4S. The van der Waals surface area contributed by atoms with Crippen LogP contribution in [0.4, 0.5) is 5.13 Å². The van der Waals surface area contributed by atoms with Gasteiger partial charge in [0.25, 0.3) is 17.7 Å². The average molecular weight is 520 g/mol. The standard InChI is InChI=1S/C27H29N5O4S/c33-24(28-11-6-12-31-13-15-36-16-14-31)22-18-37-27(29-22)30-25(34)23(19-7-2-1-3-8-19)32-17-20-9-4-5-10-21(20)26(32)35/h1-5,7-10,18,23H,6,11-17H2,(H,28,33)(H,29,30,34). The monoisotopic (exact) mass is 519 g/mol. The van der Waals surface area contributed by atoms with Crippen molar-refractivity contribution in [2.45, 2.75) is 19.0 Å². The molecule has 5 rings (SSSR count). The molecule has 3 aromatic rings. The van der Waals surface area contributed by atoms with E-state index in [-0.39, 0.29) is 23.4 Å². The number of fused-ring (bicyclic) bond motifs is 1. The molecule has 1 unspecified atom stereocenters. The maximum Gasteiger partial charge on any atom is 0.270 e. The van der Waals surface area contributed by atoms with Crippen LogP contribution in [-0.2, 0) is 16.1 Å². The number of thiazole rings is 1. The summed E-state index contributed by atoms with van der Waals surface area (Å²) in [4.78, 5) is 47.4. The first-order valence-corrected chi connectivity index (χ1v) is 13.3. The van der Waals surface area contributed by atoms with E-state index >= 15 is 0 Å². The van der Waals surface area contributed by atoms with E-state index in [0.29, 0.717) is 29.3 Å². The van der Waals surface area contributed by atoms with Crippen molar-refractivity contribution in [1.82, 2.24) is 20.1 Å². The van der Waals surface area contributed by atoms with Crippen LogP contribution in [0.25, 0.3) is 0 Å². The predicted octanol–water partition coefficient (Wildman–Crippen LogP) is 2.93. The van der Waals surface area contributed by atoms with E-state index < -0.39 is 6.04 Å². The number of benzene rings is 2. The molecule has 3 heterocycles. The molecule has 2 aromatic carbocycles. The van der Waals surface area contributed by atoms with Crippen LogP contribution in [0.2, 0.25) is 0 Å². The molecule has 2 aliphatic rings. The Labute approximate surface area is 219 Å². The van der Waals surface area contributed by atoms with Gasteiger partial charge in [0.05, 0.1) is 13.2 Å². The van der Waals surface area contributed by atoms with Crippen LogP contribution in [0.5, 0.6) is 0 Å². The summed E-state index contributed by atoms with van der Waals surface area (Å²) in [6.45, 7) is 5.14. The molecule has 10 heteroatoms. The summed E-state index contributed by atoms with van der Waals surface area (Å²) < 4.78 is 5.35. The molecule has 0 radical (unpaired) electrons. The number of ether oxygens (including phenoxy) is 1. The molecule has 37 heavy (non-hydrogen) atoms. The summed E-state index contributed by atoms with van der Waals surface area (Å²) in [6.07, 6.45) is 0.838. The zero-order chi connectivity index (χ0) is 25.6. The fraction of sp³-hybridized carbons (Fsp3) is 0.333. The minimum atomic E-state index is -0.831. The van der Waals surface area contributed by atoms with Crippen molar-refractivity contribution in [1.29, 1.82) is 0 Å². The third-order valence-electron chi connectivity index (χ3n) is 6.53. The van der Waals surface area contributed by atoms with E-state index in [1.165, 1.54) is 11.3 Å². The molecule has 1 aromatic heterocycles. The molecule has 192 valence electrons. The number of hydrogen-bond acceptors (Lipinski definition) is 7. The highest BCUT2D eigenvalue weighted by atomic mass is 32.1. The Morgan fingerprint density at radius 3 is 2.59 bits per heavy atom. The molecule has 0 saturated carbocycles. The topological polar surface area (TPSA) is 104 Å². The Hall–Kier alpha value is -3.60. The summed E-state index contributed by atoms with van der Waals surface area (Å²) in [5.41, 5.74) is 2.46. The van der Waals surface area contributed by atoms with Crippen molar-refractivity contribution in [3.05, 3.63) is 82.4 Å². The van der Waals surface area contributed by atoms with Crippen LogP contribution in [0.1, 0.15) is 44.4 Å². The van der Waals surface area contributed by atoms with Gasteiger partial charge in [-0.2, -0.15) is 0 Å². The number of amides is 3. The third kappa shape index (κ3) is 5.87. The fourth-order valence-corrected chi connectivity index (χ4v) is 5.32. The summed E-state index contributed by atoms with van der Waals surface area (Å²) in [5.74, 6) is -0.835.